The Hall–Kier alpha value is -1.36. The molecule has 0 aliphatic heterocycles. The summed E-state index contributed by atoms with van der Waals surface area (Å²) in [6.45, 7) is 10.5. The summed E-state index contributed by atoms with van der Waals surface area (Å²) in [6.07, 6.45) is 3.58. The van der Waals surface area contributed by atoms with Crippen molar-refractivity contribution in [2.75, 3.05) is 32.2 Å². The molecule has 0 saturated carbocycles. The number of anilines is 1. The molecule has 0 aliphatic rings. The van der Waals surface area contributed by atoms with E-state index in [-0.39, 0.29) is 5.41 Å². The monoisotopic (exact) mass is 295 g/mol. The Morgan fingerprint density at radius 2 is 1.90 bits per heavy atom. The van der Waals surface area contributed by atoms with Crippen molar-refractivity contribution in [3.8, 4) is 5.88 Å². The fourth-order valence-corrected chi connectivity index (χ4v) is 1.75. The van der Waals surface area contributed by atoms with Crippen LogP contribution < -0.4 is 10.1 Å². The van der Waals surface area contributed by atoms with Gasteiger partial charge in [-0.15, -0.1) is 0 Å². The van der Waals surface area contributed by atoms with Crippen molar-refractivity contribution >= 4 is 5.82 Å². The molecule has 0 radical (unpaired) electrons. The zero-order valence-electron chi connectivity index (χ0n) is 14.0. The number of rotatable bonds is 9. The number of hydrogen-bond acceptors (Lipinski definition) is 5. The zero-order valence-corrected chi connectivity index (χ0v) is 14.0. The van der Waals surface area contributed by atoms with Gasteiger partial charge in [0.2, 0.25) is 5.88 Å². The Bertz CT molecular complexity index is 416. The van der Waals surface area contributed by atoms with E-state index < -0.39 is 0 Å². The molecule has 0 saturated heterocycles. The average molecular weight is 295 g/mol. The molecule has 1 aromatic heterocycles. The lowest BCUT2D eigenvalue weighted by Crippen LogP contribution is -2.18. The van der Waals surface area contributed by atoms with Crippen molar-refractivity contribution in [2.24, 2.45) is 0 Å². The van der Waals surface area contributed by atoms with E-state index in [0.717, 1.165) is 24.6 Å². The fraction of sp³-hybridized carbons (Fsp3) is 0.750. The van der Waals surface area contributed by atoms with Crippen LogP contribution in [-0.4, -0.2) is 36.8 Å². The molecule has 120 valence electrons. The molecule has 5 nitrogen and oxygen atoms in total. The molecular weight excluding hydrogens is 266 g/mol. The Kier molecular flexibility index (Phi) is 7.43. The normalized spacial score (nSPS) is 11.5. The van der Waals surface area contributed by atoms with E-state index in [2.05, 4.69) is 43.0 Å². The van der Waals surface area contributed by atoms with Crippen LogP contribution in [0.3, 0.4) is 0 Å². The van der Waals surface area contributed by atoms with Gasteiger partial charge in [0, 0.05) is 25.1 Å². The summed E-state index contributed by atoms with van der Waals surface area (Å²) in [6, 6.07) is 1.86. The van der Waals surface area contributed by atoms with Gasteiger partial charge >= 0.3 is 0 Å². The van der Waals surface area contributed by atoms with Gasteiger partial charge in [0.1, 0.15) is 18.2 Å². The molecule has 0 amide bonds. The predicted molar refractivity (Wildman–Crippen MR) is 86.1 cm³/mol. The first kappa shape index (κ1) is 17.7. The quantitative estimate of drug-likeness (QED) is 0.708. The van der Waals surface area contributed by atoms with Crippen LogP contribution in [0.5, 0.6) is 5.88 Å². The topological polar surface area (TPSA) is 56.3 Å². The molecule has 0 spiro atoms. The first-order chi connectivity index (χ1) is 9.97. The number of nitrogens with zero attached hydrogens (tertiary/aromatic N) is 2. The van der Waals surface area contributed by atoms with Crippen LogP contribution in [0.4, 0.5) is 5.82 Å². The summed E-state index contributed by atoms with van der Waals surface area (Å²) in [4.78, 5) is 9.09. The molecule has 0 atom stereocenters. The highest BCUT2D eigenvalue weighted by atomic mass is 16.5. The SMILES string of the molecule is CCCCCNc1cc(OCCOC)nc(C(C)(C)C)n1. The summed E-state index contributed by atoms with van der Waals surface area (Å²) in [5, 5.41) is 3.36. The minimum atomic E-state index is -0.111. The number of nitrogens with one attached hydrogen (secondary N) is 1. The van der Waals surface area contributed by atoms with E-state index in [9.17, 15) is 0 Å². The molecule has 5 heteroatoms. The van der Waals surface area contributed by atoms with Crippen molar-refractivity contribution < 1.29 is 9.47 Å². The number of hydrogen-bond donors (Lipinski definition) is 1. The first-order valence-corrected chi connectivity index (χ1v) is 7.72. The highest BCUT2D eigenvalue weighted by molar-refractivity contribution is 5.39. The van der Waals surface area contributed by atoms with Crippen molar-refractivity contribution in [3.63, 3.8) is 0 Å². The minimum Gasteiger partial charge on any atom is -0.475 e. The van der Waals surface area contributed by atoms with Gasteiger partial charge in [-0.3, -0.25) is 0 Å². The van der Waals surface area contributed by atoms with E-state index in [1.165, 1.54) is 12.8 Å². The third-order valence-corrected chi connectivity index (χ3v) is 3.00. The Balaban J connectivity index is 2.77. The summed E-state index contributed by atoms with van der Waals surface area (Å²) in [5.74, 6) is 2.22. The largest absolute Gasteiger partial charge is 0.475 e. The smallest absolute Gasteiger partial charge is 0.218 e. The van der Waals surface area contributed by atoms with Crippen molar-refractivity contribution in [3.05, 3.63) is 11.9 Å². The number of aromatic nitrogens is 2. The van der Waals surface area contributed by atoms with E-state index in [4.69, 9.17) is 9.47 Å². The number of ether oxygens (including phenoxy) is 2. The van der Waals surface area contributed by atoms with Crippen LogP contribution in [0.25, 0.3) is 0 Å². The van der Waals surface area contributed by atoms with Crippen molar-refractivity contribution in [2.45, 2.75) is 52.4 Å². The molecule has 1 heterocycles. The fourth-order valence-electron chi connectivity index (χ4n) is 1.75. The summed E-state index contributed by atoms with van der Waals surface area (Å²) in [5.41, 5.74) is -0.111. The zero-order chi connectivity index (χ0) is 15.7. The highest BCUT2D eigenvalue weighted by Crippen LogP contribution is 2.23. The van der Waals surface area contributed by atoms with Crippen molar-refractivity contribution in [1.82, 2.24) is 9.97 Å². The van der Waals surface area contributed by atoms with Gasteiger partial charge in [-0.2, -0.15) is 4.98 Å². The number of methoxy groups -OCH3 is 1. The lowest BCUT2D eigenvalue weighted by atomic mass is 9.96. The molecule has 1 aromatic rings. The predicted octanol–water partition coefficient (Wildman–Crippen LogP) is 3.40. The molecule has 1 N–H and O–H groups in total. The van der Waals surface area contributed by atoms with Crippen LogP contribution in [0.1, 0.15) is 52.8 Å². The summed E-state index contributed by atoms with van der Waals surface area (Å²) < 4.78 is 10.6. The second-order valence-electron chi connectivity index (χ2n) is 6.14. The third kappa shape index (κ3) is 6.76. The van der Waals surface area contributed by atoms with Crippen LogP contribution in [0.2, 0.25) is 0 Å². The molecule has 0 aromatic carbocycles. The van der Waals surface area contributed by atoms with Gasteiger partial charge in [-0.25, -0.2) is 4.98 Å². The molecular formula is C16H29N3O2. The van der Waals surface area contributed by atoms with Crippen molar-refractivity contribution in [1.29, 1.82) is 0 Å². The lowest BCUT2D eigenvalue weighted by molar-refractivity contribution is 0.143. The van der Waals surface area contributed by atoms with E-state index in [0.29, 0.717) is 19.1 Å². The molecule has 0 fully saturated rings. The van der Waals surface area contributed by atoms with Crippen LogP contribution >= 0.6 is 0 Å². The Labute approximate surface area is 128 Å². The number of unbranched alkanes of at least 4 members (excludes halogenated alkanes) is 2. The molecule has 21 heavy (non-hydrogen) atoms. The maximum atomic E-state index is 5.63. The second kappa shape index (κ2) is 8.82. The maximum absolute atomic E-state index is 5.63. The Morgan fingerprint density at radius 1 is 1.14 bits per heavy atom. The van der Waals surface area contributed by atoms with Gasteiger partial charge in [0.05, 0.1) is 6.61 Å². The van der Waals surface area contributed by atoms with Gasteiger partial charge in [-0.05, 0) is 6.42 Å². The van der Waals surface area contributed by atoms with Gasteiger partial charge in [0.25, 0.3) is 0 Å². The lowest BCUT2D eigenvalue weighted by Gasteiger charge is -2.19. The third-order valence-electron chi connectivity index (χ3n) is 3.00. The maximum Gasteiger partial charge on any atom is 0.218 e. The Morgan fingerprint density at radius 3 is 2.52 bits per heavy atom. The summed E-state index contributed by atoms with van der Waals surface area (Å²) >= 11 is 0. The molecule has 1 rings (SSSR count). The second-order valence-corrected chi connectivity index (χ2v) is 6.14. The van der Waals surface area contributed by atoms with Gasteiger partial charge < -0.3 is 14.8 Å². The molecule has 0 bridgehead atoms. The van der Waals surface area contributed by atoms with E-state index >= 15 is 0 Å². The summed E-state index contributed by atoms with van der Waals surface area (Å²) in [7, 11) is 1.66. The van der Waals surface area contributed by atoms with Crippen LogP contribution in [0, 0.1) is 0 Å². The molecule has 0 aliphatic carbocycles. The van der Waals surface area contributed by atoms with Gasteiger partial charge in [0.15, 0.2) is 0 Å². The minimum absolute atomic E-state index is 0.111. The standard InChI is InChI=1S/C16H29N3O2/c1-6-7-8-9-17-13-12-14(21-11-10-20-5)19-15(18-13)16(2,3)4/h12H,6-11H2,1-5H3,(H,17,18,19). The van der Waals surface area contributed by atoms with Crippen LogP contribution in [-0.2, 0) is 10.2 Å². The highest BCUT2D eigenvalue weighted by Gasteiger charge is 2.19. The van der Waals surface area contributed by atoms with E-state index in [1.807, 2.05) is 6.07 Å². The van der Waals surface area contributed by atoms with E-state index in [1.54, 1.807) is 7.11 Å². The van der Waals surface area contributed by atoms with Crippen LogP contribution in [0.15, 0.2) is 6.07 Å². The van der Waals surface area contributed by atoms with Gasteiger partial charge in [-0.1, -0.05) is 40.5 Å². The average Bonchev–Trinajstić information content (AvgIpc) is 2.43. The molecule has 0 unspecified atom stereocenters. The first-order valence-electron chi connectivity index (χ1n) is 7.72.